The van der Waals surface area contributed by atoms with Crippen LogP contribution in [0.1, 0.15) is 232 Å². The number of rotatable bonds is 48. The van der Waals surface area contributed by atoms with E-state index in [0.29, 0.717) is 65.6 Å². The van der Waals surface area contributed by atoms with Gasteiger partial charge in [-0.2, -0.15) is 0 Å². The van der Waals surface area contributed by atoms with Gasteiger partial charge in [0.2, 0.25) is 13.1 Å². The highest BCUT2D eigenvalue weighted by Crippen LogP contribution is 2.42. The Labute approximate surface area is 393 Å². The van der Waals surface area contributed by atoms with Gasteiger partial charge in [0, 0.05) is 12.8 Å². The van der Waals surface area contributed by atoms with Crippen molar-refractivity contribution in [2.45, 2.75) is 233 Å². The highest BCUT2D eigenvalue weighted by molar-refractivity contribution is 7.58. The molecular formula is C53H98N3O7P. The van der Waals surface area contributed by atoms with E-state index in [-0.39, 0.29) is 0 Å². The average Bonchev–Trinajstić information content (AvgIpc) is 3.73. The Morgan fingerprint density at radius 3 is 1.34 bits per heavy atom. The number of ether oxygens (including phenoxy) is 5. The quantitative estimate of drug-likeness (QED) is 0.0474. The largest absolute Gasteiger partial charge is 0.490 e. The van der Waals surface area contributed by atoms with E-state index >= 15 is 0 Å². The van der Waals surface area contributed by atoms with E-state index in [0.717, 1.165) is 47.8 Å². The molecule has 2 rings (SSSR count). The molecule has 0 saturated heterocycles. The molecule has 372 valence electrons. The van der Waals surface area contributed by atoms with Crippen molar-refractivity contribution in [1.29, 1.82) is 0 Å². The van der Waals surface area contributed by atoms with Gasteiger partial charge in [-0.3, -0.25) is 4.57 Å². The van der Waals surface area contributed by atoms with Gasteiger partial charge in [0.05, 0.1) is 65.6 Å². The predicted molar refractivity (Wildman–Crippen MR) is 268 cm³/mol. The number of unbranched alkanes of at least 4 members (excludes halogenated alkanes) is 27. The monoisotopic (exact) mass is 920 g/mol. The first-order valence-electron chi connectivity index (χ1n) is 26.7. The Morgan fingerprint density at radius 1 is 0.500 bits per heavy atom. The molecule has 0 N–H and O–H groups in total. The van der Waals surface area contributed by atoms with Crippen molar-refractivity contribution >= 4 is 7.37 Å². The molecule has 1 unspecified atom stereocenters. The van der Waals surface area contributed by atoms with Gasteiger partial charge in [-0.1, -0.05) is 199 Å². The van der Waals surface area contributed by atoms with Crippen LogP contribution in [-0.2, 0) is 31.7 Å². The van der Waals surface area contributed by atoms with Crippen LogP contribution in [-0.4, -0.2) is 74.1 Å². The molecule has 0 aliphatic rings. The van der Waals surface area contributed by atoms with Crippen LogP contribution in [0.15, 0.2) is 18.3 Å². The molecule has 1 aromatic carbocycles. The Balaban J connectivity index is 2.06. The van der Waals surface area contributed by atoms with Gasteiger partial charge in [0.25, 0.3) is 0 Å². The third kappa shape index (κ3) is 31.7. The Kier molecular flexibility index (Phi) is 37.2. The molecule has 0 aliphatic carbocycles. The van der Waals surface area contributed by atoms with E-state index in [9.17, 15) is 4.57 Å². The zero-order valence-corrected chi connectivity index (χ0v) is 43.1. The fourth-order valence-electron chi connectivity index (χ4n) is 8.02. The standard InChI is InChI=1S/C53H98N3O7P/c1-6-10-13-16-19-22-25-28-31-34-37-60-51-44-49(46-56-47-50(54-55-56)48-59-41-40-58-42-43-64(5,57)63-9-4)45-52(61-38-35-32-29-26-23-20-17-14-11-7-2)53(51)62-39-36-33-30-27-24-21-18-15-12-8-3/h44-45,47H,6-43,46,48H2,1-5H3. The predicted octanol–water partition coefficient (Wildman–Crippen LogP) is 15.7. The van der Waals surface area contributed by atoms with Crippen LogP contribution in [0, 0.1) is 0 Å². The molecule has 2 aromatic rings. The SMILES string of the molecule is CCCCCCCCCCCCOc1cc(Cn2cc(COCCOCCP(C)(=O)OCC)nn2)cc(OCCCCCCCCCCCC)c1OCCCCCCCCCCCC. The molecule has 64 heavy (non-hydrogen) atoms. The second-order valence-electron chi connectivity index (χ2n) is 18.2. The number of hydrogen-bond acceptors (Lipinski definition) is 9. The summed E-state index contributed by atoms with van der Waals surface area (Å²) in [5.74, 6) is 2.28. The summed E-state index contributed by atoms with van der Waals surface area (Å²) >= 11 is 0. The van der Waals surface area contributed by atoms with Crippen molar-refractivity contribution in [3.05, 3.63) is 29.6 Å². The van der Waals surface area contributed by atoms with Crippen molar-refractivity contribution in [2.24, 2.45) is 0 Å². The first-order chi connectivity index (χ1) is 31.4. The first kappa shape index (κ1) is 58.0. The summed E-state index contributed by atoms with van der Waals surface area (Å²) in [6.07, 6.45) is 41.0. The maximum absolute atomic E-state index is 12.3. The number of aromatic nitrogens is 3. The third-order valence-electron chi connectivity index (χ3n) is 11.9. The molecule has 0 bridgehead atoms. The van der Waals surface area contributed by atoms with E-state index in [1.54, 1.807) is 6.66 Å². The molecular weight excluding hydrogens is 822 g/mol. The smallest absolute Gasteiger partial charge is 0.203 e. The van der Waals surface area contributed by atoms with Crippen LogP contribution >= 0.6 is 7.37 Å². The molecule has 10 nitrogen and oxygen atoms in total. The van der Waals surface area contributed by atoms with Gasteiger partial charge in [0.15, 0.2) is 11.5 Å². The van der Waals surface area contributed by atoms with E-state index in [4.69, 9.17) is 28.2 Å². The first-order valence-corrected chi connectivity index (χ1v) is 29.0. The lowest BCUT2D eigenvalue weighted by molar-refractivity contribution is 0.0441. The van der Waals surface area contributed by atoms with E-state index in [2.05, 4.69) is 43.2 Å². The lowest BCUT2D eigenvalue weighted by Crippen LogP contribution is -2.09. The highest BCUT2D eigenvalue weighted by atomic mass is 31.2. The number of hydrogen-bond donors (Lipinski definition) is 0. The van der Waals surface area contributed by atoms with Gasteiger partial charge >= 0.3 is 0 Å². The van der Waals surface area contributed by atoms with Gasteiger partial charge in [-0.05, 0) is 43.9 Å². The third-order valence-corrected chi connectivity index (χ3v) is 13.7. The molecule has 0 spiro atoms. The highest BCUT2D eigenvalue weighted by Gasteiger charge is 2.18. The molecule has 0 saturated carbocycles. The molecule has 0 radical (unpaired) electrons. The fourth-order valence-corrected chi connectivity index (χ4v) is 9.16. The van der Waals surface area contributed by atoms with Gasteiger partial charge < -0.3 is 28.2 Å². The van der Waals surface area contributed by atoms with Crippen molar-refractivity contribution in [3.63, 3.8) is 0 Å². The second kappa shape index (κ2) is 41.1. The summed E-state index contributed by atoms with van der Waals surface area (Å²) in [4.78, 5) is 0. The minimum absolute atomic E-state index is 0.334. The summed E-state index contributed by atoms with van der Waals surface area (Å²) in [5.41, 5.74) is 1.79. The summed E-state index contributed by atoms with van der Waals surface area (Å²) in [5, 5.41) is 8.82. The number of nitrogens with zero attached hydrogens (tertiary/aromatic N) is 3. The molecule has 0 fully saturated rings. The van der Waals surface area contributed by atoms with Crippen LogP contribution in [0.25, 0.3) is 0 Å². The van der Waals surface area contributed by atoms with Crippen molar-refractivity contribution in [1.82, 2.24) is 15.0 Å². The molecule has 1 atom stereocenters. The Bertz CT molecular complexity index is 1340. The van der Waals surface area contributed by atoms with E-state index in [1.165, 1.54) is 173 Å². The van der Waals surface area contributed by atoms with Crippen LogP contribution in [0.3, 0.4) is 0 Å². The van der Waals surface area contributed by atoms with Gasteiger partial charge in [-0.25, -0.2) is 4.68 Å². The van der Waals surface area contributed by atoms with E-state index < -0.39 is 7.37 Å². The van der Waals surface area contributed by atoms with Crippen LogP contribution in [0.2, 0.25) is 0 Å². The summed E-state index contributed by atoms with van der Waals surface area (Å²) in [6, 6.07) is 4.24. The average molecular weight is 920 g/mol. The van der Waals surface area contributed by atoms with Crippen molar-refractivity contribution < 1.29 is 32.8 Å². The maximum Gasteiger partial charge on any atom is 0.203 e. The van der Waals surface area contributed by atoms with Gasteiger partial charge in [0.1, 0.15) is 5.69 Å². The molecule has 0 amide bonds. The molecule has 0 aliphatic heterocycles. The summed E-state index contributed by atoms with van der Waals surface area (Å²) < 4.78 is 50.7. The zero-order chi connectivity index (χ0) is 46.0. The lowest BCUT2D eigenvalue weighted by atomic mass is 10.1. The van der Waals surface area contributed by atoms with Crippen molar-refractivity contribution in [3.8, 4) is 17.2 Å². The Morgan fingerprint density at radius 2 is 0.906 bits per heavy atom. The summed E-state index contributed by atoms with van der Waals surface area (Å²) in [6.45, 7) is 14.8. The van der Waals surface area contributed by atoms with Crippen molar-refractivity contribution in [2.75, 3.05) is 59.1 Å². The molecule has 1 aromatic heterocycles. The maximum atomic E-state index is 12.3. The minimum Gasteiger partial charge on any atom is -0.490 e. The zero-order valence-electron chi connectivity index (χ0n) is 42.2. The fraction of sp³-hybridized carbons (Fsp3) is 0.849. The summed E-state index contributed by atoms with van der Waals surface area (Å²) in [7, 11) is -2.59. The minimum atomic E-state index is -2.59. The van der Waals surface area contributed by atoms with Gasteiger partial charge in [-0.15, -0.1) is 5.10 Å². The Hall–Kier alpha value is -2.13. The lowest BCUT2D eigenvalue weighted by Gasteiger charge is -2.19. The second-order valence-corrected chi connectivity index (χ2v) is 21.0. The van der Waals surface area contributed by atoms with Crippen LogP contribution in [0.5, 0.6) is 17.2 Å². The molecule has 1 heterocycles. The normalized spacial score (nSPS) is 12.5. The van der Waals surface area contributed by atoms with Crippen LogP contribution < -0.4 is 14.2 Å². The number of benzene rings is 1. The topological polar surface area (TPSA) is 103 Å². The molecule has 11 heteroatoms. The van der Waals surface area contributed by atoms with Crippen LogP contribution in [0.4, 0.5) is 0 Å². The van der Waals surface area contributed by atoms with E-state index in [1.807, 2.05) is 17.8 Å².